The largest absolute Gasteiger partial charge is 0.457 e. The quantitative estimate of drug-likeness (QED) is 0.791. The minimum atomic E-state index is -0.783. The summed E-state index contributed by atoms with van der Waals surface area (Å²) in [6.45, 7) is 1.33. The van der Waals surface area contributed by atoms with E-state index < -0.39 is 24.2 Å². The molecule has 1 aliphatic heterocycles. The van der Waals surface area contributed by atoms with Gasteiger partial charge in [-0.25, -0.2) is 9.59 Å². The second-order valence-electron chi connectivity index (χ2n) is 5.50. The number of esters is 1. The van der Waals surface area contributed by atoms with Gasteiger partial charge in [0.15, 0.2) is 12.5 Å². The van der Waals surface area contributed by atoms with Crippen LogP contribution in [0.3, 0.4) is 0 Å². The summed E-state index contributed by atoms with van der Waals surface area (Å²) in [5.41, 5.74) is -0.164. The van der Waals surface area contributed by atoms with Crippen LogP contribution in [0.25, 0.3) is 0 Å². The highest BCUT2D eigenvalue weighted by molar-refractivity contribution is 5.89. The van der Waals surface area contributed by atoms with Crippen molar-refractivity contribution in [2.45, 2.75) is 19.4 Å². The molecule has 136 valence electrons. The summed E-state index contributed by atoms with van der Waals surface area (Å²) in [6.07, 6.45) is -0.0242. The predicted octanol–water partition coefficient (Wildman–Crippen LogP) is 0.930. The second-order valence-corrected chi connectivity index (χ2v) is 5.50. The maximum absolute atomic E-state index is 12.0. The molecule has 1 aromatic heterocycles. The van der Waals surface area contributed by atoms with Crippen LogP contribution in [0, 0.1) is 0 Å². The fraction of sp³-hybridized carbons (Fsp3) is 0.294. The van der Waals surface area contributed by atoms with Crippen molar-refractivity contribution >= 4 is 17.7 Å². The summed E-state index contributed by atoms with van der Waals surface area (Å²) in [7, 11) is 0. The maximum Gasteiger partial charge on any atom is 0.351 e. The Kier molecular flexibility index (Phi) is 5.40. The Balaban J connectivity index is 1.56. The van der Waals surface area contributed by atoms with Crippen molar-refractivity contribution in [2.24, 2.45) is 0 Å². The molecule has 2 heterocycles. The van der Waals surface area contributed by atoms with Gasteiger partial charge in [-0.05, 0) is 18.2 Å². The number of carbonyl (C=O) groups is 2. The number of hydrogen-bond donors (Lipinski definition) is 1. The van der Waals surface area contributed by atoms with Gasteiger partial charge >= 0.3 is 11.7 Å². The Morgan fingerprint density at radius 2 is 2.08 bits per heavy atom. The van der Waals surface area contributed by atoms with Gasteiger partial charge in [-0.3, -0.25) is 9.36 Å². The molecular formula is C17H17N3O6. The lowest BCUT2D eigenvalue weighted by Crippen LogP contribution is -2.29. The first-order valence-electron chi connectivity index (χ1n) is 7.89. The van der Waals surface area contributed by atoms with E-state index >= 15 is 0 Å². The van der Waals surface area contributed by atoms with Gasteiger partial charge in [-0.1, -0.05) is 18.2 Å². The third-order valence-corrected chi connectivity index (χ3v) is 3.54. The molecule has 0 saturated carbocycles. The Hall–Kier alpha value is -3.04. The van der Waals surface area contributed by atoms with Crippen LogP contribution in [-0.2, 0) is 19.0 Å². The molecule has 1 aliphatic rings. The molecule has 9 nitrogen and oxygen atoms in total. The van der Waals surface area contributed by atoms with Gasteiger partial charge in [0.1, 0.15) is 12.4 Å². The van der Waals surface area contributed by atoms with Gasteiger partial charge in [0.2, 0.25) is 5.91 Å². The summed E-state index contributed by atoms with van der Waals surface area (Å²) in [4.78, 5) is 38.7. The van der Waals surface area contributed by atoms with Gasteiger partial charge in [0.25, 0.3) is 0 Å². The summed E-state index contributed by atoms with van der Waals surface area (Å²) in [5, 5.41) is 2.43. The zero-order chi connectivity index (χ0) is 18.5. The first-order valence-corrected chi connectivity index (χ1v) is 7.89. The zero-order valence-corrected chi connectivity index (χ0v) is 14.0. The van der Waals surface area contributed by atoms with Crippen LogP contribution in [-0.4, -0.2) is 40.9 Å². The fourth-order valence-electron chi connectivity index (χ4n) is 2.36. The minimum Gasteiger partial charge on any atom is -0.457 e. The van der Waals surface area contributed by atoms with Crippen LogP contribution in [0.2, 0.25) is 0 Å². The van der Waals surface area contributed by atoms with E-state index in [-0.39, 0.29) is 24.9 Å². The first kappa shape index (κ1) is 17.8. The van der Waals surface area contributed by atoms with Crippen molar-refractivity contribution in [1.29, 1.82) is 0 Å². The lowest BCUT2D eigenvalue weighted by Gasteiger charge is -2.14. The third kappa shape index (κ3) is 4.32. The minimum absolute atomic E-state index is 0.101. The normalized spacial score (nSPS) is 19.1. The van der Waals surface area contributed by atoms with E-state index in [1.54, 1.807) is 30.3 Å². The Morgan fingerprint density at radius 1 is 1.31 bits per heavy atom. The van der Waals surface area contributed by atoms with Crippen molar-refractivity contribution in [3.05, 3.63) is 58.6 Å². The number of carbonyl (C=O) groups excluding carboxylic acids is 2. The number of ether oxygens (including phenoxy) is 3. The van der Waals surface area contributed by atoms with E-state index in [0.717, 1.165) is 0 Å². The first-order chi connectivity index (χ1) is 12.5. The Morgan fingerprint density at radius 3 is 2.77 bits per heavy atom. The smallest absolute Gasteiger partial charge is 0.351 e. The molecule has 1 unspecified atom stereocenters. The van der Waals surface area contributed by atoms with Crippen LogP contribution in [0.15, 0.2) is 47.4 Å². The molecule has 9 heteroatoms. The molecule has 1 amide bonds. The van der Waals surface area contributed by atoms with Gasteiger partial charge in [0.05, 0.1) is 12.2 Å². The molecule has 0 bridgehead atoms. The third-order valence-electron chi connectivity index (χ3n) is 3.54. The highest BCUT2D eigenvalue weighted by Gasteiger charge is 2.29. The van der Waals surface area contributed by atoms with E-state index in [1.165, 1.54) is 23.8 Å². The summed E-state index contributed by atoms with van der Waals surface area (Å²) >= 11 is 0. The molecule has 2 atom stereocenters. The summed E-state index contributed by atoms with van der Waals surface area (Å²) in [6, 6.07) is 10.0. The lowest BCUT2D eigenvalue weighted by atomic mass is 10.2. The van der Waals surface area contributed by atoms with E-state index in [2.05, 4.69) is 10.3 Å². The van der Waals surface area contributed by atoms with E-state index in [0.29, 0.717) is 5.56 Å². The van der Waals surface area contributed by atoms with Crippen LogP contribution >= 0.6 is 0 Å². The van der Waals surface area contributed by atoms with Crippen molar-refractivity contribution in [3.8, 4) is 0 Å². The predicted molar refractivity (Wildman–Crippen MR) is 89.4 cm³/mol. The van der Waals surface area contributed by atoms with Gasteiger partial charge < -0.3 is 19.5 Å². The summed E-state index contributed by atoms with van der Waals surface area (Å²) in [5.74, 6) is -0.652. The summed E-state index contributed by atoms with van der Waals surface area (Å²) < 4.78 is 17.4. The Labute approximate surface area is 148 Å². The molecule has 3 rings (SSSR count). The standard InChI is InChI=1S/C17H17N3O6/c1-11(21)18-13-7-8-20(17(23)19-13)14-9-24-15(26-14)10-25-16(22)12-5-3-2-4-6-12/h2-8,14-15H,9-10H2,1H3,(H,18,19,21,23)/t14-,15?/m0/s1. The number of rotatable bonds is 5. The van der Waals surface area contributed by atoms with E-state index in [1.807, 2.05) is 0 Å². The van der Waals surface area contributed by atoms with Crippen molar-refractivity contribution in [1.82, 2.24) is 9.55 Å². The average Bonchev–Trinajstić information content (AvgIpc) is 3.08. The molecule has 26 heavy (non-hydrogen) atoms. The van der Waals surface area contributed by atoms with Crippen LogP contribution < -0.4 is 11.0 Å². The fourth-order valence-corrected chi connectivity index (χ4v) is 2.36. The zero-order valence-electron chi connectivity index (χ0n) is 14.0. The molecule has 0 spiro atoms. The maximum atomic E-state index is 12.0. The van der Waals surface area contributed by atoms with E-state index in [4.69, 9.17) is 14.2 Å². The highest BCUT2D eigenvalue weighted by atomic mass is 16.7. The number of nitrogens with one attached hydrogen (secondary N) is 1. The monoisotopic (exact) mass is 359 g/mol. The van der Waals surface area contributed by atoms with Crippen LogP contribution in [0.1, 0.15) is 23.5 Å². The molecule has 1 N–H and O–H groups in total. The number of nitrogens with zero attached hydrogens (tertiary/aromatic N) is 2. The lowest BCUT2D eigenvalue weighted by molar-refractivity contribution is -0.114. The van der Waals surface area contributed by atoms with Crippen LogP contribution in [0.4, 0.5) is 5.82 Å². The molecular weight excluding hydrogens is 342 g/mol. The molecule has 2 aromatic rings. The number of benzene rings is 1. The average molecular weight is 359 g/mol. The Bertz CT molecular complexity index is 851. The highest BCUT2D eigenvalue weighted by Crippen LogP contribution is 2.20. The molecule has 1 fully saturated rings. The topological polar surface area (TPSA) is 109 Å². The number of anilines is 1. The van der Waals surface area contributed by atoms with Gasteiger partial charge in [-0.2, -0.15) is 4.98 Å². The van der Waals surface area contributed by atoms with Crippen molar-refractivity contribution < 1.29 is 23.8 Å². The van der Waals surface area contributed by atoms with Crippen molar-refractivity contribution in [3.63, 3.8) is 0 Å². The number of aromatic nitrogens is 2. The number of amides is 1. The molecule has 1 saturated heterocycles. The van der Waals surface area contributed by atoms with Gasteiger partial charge in [0, 0.05) is 13.1 Å². The molecule has 0 radical (unpaired) electrons. The van der Waals surface area contributed by atoms with Crippen molar-refractivity contribution in [2.75, 3.05) is 18.5 Å². The molecule has 0 aliphatic carbocycles. The second kappa shape index (κ2) is 7.89. The van der Waals surface area contributed by atoms with Crippen LogP contribution in [0.5, 0.6) is 0 Å². The molecule has 1 aromatic carbocycles. The van der Waals surface area contributed by atoms with Gasteiger partial charge in [-0.15, -0.1) is 0 Å². The SMILES string of the molecule is CC(=O)Nc1ccn([C@@H]2COC(COC(=O)c3ccccc3)O2)c(=O)n1. The van der Waals surface area contributed by atoms with E-state index in [9.17, 15) is 14.4 Å². The number of hydrogen-bond acceptors (Lipinski definition) is 7.